The molecular weight excluding hydrogens is 396 g/mol. The average molecular weight is 433 g/mol. The Bertz CT molecular complexity index is 742. The molecule has 2 rings (SSSR count). The van der Waals surface area contributed by atoms with Crippen LogP contribution < -0.4 is 9.47 Å². The molecule has 0 bridgehead atoms. The molecule has 0 radical (unpaired) electrons. The van der Waals surface area contributed by atoms with E-state index >= 15 is 0 Å². The summed E-state index contributed by atoms with van der Waals surface area (Å²) in [6.07, 6.45) is -0.321. The fraction of sp³-hybridized carbons (Fsp3) is 0.520. The molecule has 172 valence electrons. The molecule has 0 spiro atoms. The van der Waals surface area contributed by atoms with Crippen LogP contribution in [0.15, 0.2) is 48.5 Å². The van der Waals surface area contributed by atoms with E-state index in [4.69, 9.17) is 28.4 Å². The second kappa shape index (κ2) is 12.7. The first-order chi connectivity index (χ1) is 14.9. The lowest BCUT2D eigenvalue weighted by Gasteiger charge is -2.26. The summed E-state index contributed by atoms with van der Waals surface area (Å²) in [7, 11) is 6.61. The first-order valence-electron chi connectivity index (χ1n) is 10.4. The summed E-state index contributed by atoms with van der Waals surface area (Å²) in [6.45, 7) is 6.13. The van der Waals surface area contributed by atoms with Gasteiger partial charge in [-0.1, -0.05) is 38.1 Å². The van der Waals surface area contributed by atoms with Crippen LogP contribution in [-0.2, 0) is 24.4 Å². The predicted octanol–water partition coefficient (Wildman–Crippen LogP) is 4.09. The Morgan fingerprint density at radius 2 is 1.16 bits per heavy atom. The maximum Gasteiger partial charge on any atom is 0.119 e. The van der Waals surface area contributed by atoms with Gasteiger partial charge < -0.3 is 28.4 Å². The summed E-state index contributed by atoms with van der Waals surface area (Å²) >= 11 is 0. The standard InChI is InChI=1S/C25H36O6/c1-25(2,19-7-11-21(28-5)12-8-19)20-9-13-22(14-10-20)30-18-24(16-27-4)31-17-23(29-6)15-26-3/h7-14,23-24H,15-18H2,1-6H3. The molecule has 2 aromatic rings. The van der Waals surface area contributed by atoms with Gasteiger partial charge >= 0.3 is 0 Å². The smallest absolute Gasteiger partial charge is 0.119 e. The van der Waals surface area contributed by atoms with E-state index in [-0.39, 0.29) is 17.6 Å². The molecule has 0 saturated heterocycles. The molecule has 2 atom stereocenters. The molecule has 0 aromatic heterocycles. The highest BCUT2D eigenvalue weighted by molar-refractivity contribution is 5.41. The molecule has 6 nitrogen and oxygen atoms in total. The van der Waals surface area contributed by atoms with Crippen LogP contribution in [0.3, 0.4) is 0 Å². The van der Waals surface area contributed by atoms with Crippen molar-refractivity contribution in [1.29, 1.82) is 0 Å². The highest BCUT2D eigenvalue weighted by Gasteiger charge is 2.23. The highest BCUT2D eigenvalue weighted by atomic mass is 16.6. The predicted molar refractivity (Wildman–Crippen MR) is 121 cm³/mol. The molecule has 0 fully saturated rings. The maximum absolute atomic E-state index is 5.96. The Morgan fingerprint density at radius 1 is 0.645 bits per heavy atom. The zero-order valence-corrected chi connectivity index (χ0v) is 19.6. The Balaban J connectivity index is 1.96. The molecular formula is C25H36O6. The molecule has 2 unspecified atom stereocenters. The minimum atomic E-state index is -0.199. The van der Waals surface area contributed by atoms with Crippen molar-refractivity contribution < 1.29 is 28.4 Å². The molecule has 0 aliphatic rings. The van der Waals surface area contributed by atoms with Crippen LogP contribution in [0.5, 0.6) is 11.5 Å². The van der Waals surface area contributed by atoms with Crippen LogP contribution in [-0.4, -0.2) is 67.1 Å². The van der Waals surface area contributed by atoms with Crippen molar-refractivity contribution in [2.75, 3.05) is 54.9 Å². The van der Waals surface area contributed by atoms with Gasteiger partial charge in [0.1, 0.15) is 30.3 Å². The minimum Gasteiger partial charge on any atom is -0.497 e. The largest absolute Gasteiger partial charge is 0.497 e. The molecule has 0 amide bonds. The summed E-state index contributed by atoms with van der Waals surface area (Å²) in [5.74, 6) is 1.65. The van der Waals surface area contributed by atoms with Gasteiger partial charge in [-0.15, -0.1) is 0 Å². The third-order valence-electron chi connectivity index (χ3n) is 5.38. The molecule has 0 N–H and O–H groups in total. The van der Waals surface area contributed by atoms with E-state index in [0.29, 0.717) is 26.4 Å². The van der Waals surface area contributed by atoms with Crippen LogP contribution in [0.1, 0.15) is 25.0 Å². The number of rotatable bonds is 14. The van der Waals surface area contributed by atoms with Crippen LogP contribution in [0, 0.1) is 0 Å². The summed E-state index contributed by atoms with van der Waals surface area (Å²) in [4.78, 5) is 0. The number of methoxy groups -OCH3 is 4. The monoisotopic (exact) mass is 432 g/mol. The van der Waals surface area contributed by atoms with Crippen molar-refractivity contribution >= 4 is 0 Å². The SMILES string of the molecule is COCC(COC(COC)COc1ccc(C(C)(C)c2ccc(OC)cc2)cc1)OC. The number of ether oxygens (including phenoxy) is 6. The molecule has 0 aliphatic carbocycles. The van der Waals surface area contributed by atoms with Crippen LogP contribution in [0.25, 0.3) is 0 Å². The lowest BCUT2D eigenvalue weighted by molar-refractivity contribution is -0.0810. The van der Waals surface area contributed by atoms with E-state index in [2.05, 4.69) is 38.1 Å². The lowest BCUT2D eigenvalue weighted by atomic mass is 9.78. The van der Waals surface area contributed by atoms with Gasteiger partial charge in [0.2, 0.25) is 0 Å². The van der Waals surface area contributed by atoms with Crippen LogP contribution in [0.2, 0.25) is 0 Å². The quantitative estimate of drug-likeness (QED) is 0.448. The molecule has 0 saturated carbocycles. The van der Waals surface area contributed by atoms with E-state index in [1.54, 1.807) is 28.4 Å². The van der Waals surface area contributed by atoms with Crippen molar-refractivity contribution in [1.82, 2.24) is 0 Å². The summed E-state index contributed by atoms with van der Waals surface area (Å²) in [5, 5.41) is 0. The van der Waals surface area contributed by atoms with E-state index in [9.17, 15) is 0 Å². The van der Waals surface area contributed by atoms with Crippen molar-refractivity contribution in [2.24, 2.45) is 0 Å². The van der Waals surface area contributed by atoms with Crippen molar-refractivity contribution in [3.63, 3.8) is 0 Å². The van der Waals surface area contributed by atoms with Gasteiger partial charge in [0.05, 0.1) is 26.9 Å². The van der Waals surface area contributed by atoms with E-state index in [1.165, 1.54) is 11.1 Å². The van der Waals surface area contributed by atoms with Gasteiger partial charge in [-0.05, 0) is 35.4 Å². The maximum atomic E-state index is 5.96. The second-order valence-corrected chi connectivity index (χ2v) is 7.91. The van der Waals surface area contributed by atoms with Gasteiger partial charge in [0.15, 0.2) is 0 Å². The second-order valence-electron chi connectivity index (χ2n) is 7.91. The molecule has 2 aromatic carbocycles. The highest BCUT2D eigenvalue weighted by Crippen LogP contribution is 2.33. The van der Waals surface area contributed by atoms with Gasteiger partial charge in [-0.2, -0.15) is 0 Å². The van der Waals surface area contributed by atoms with Crippen LogP contribution >= 0.6 is 0 Å². The van der Waals surface area contributed by atoms with E-state index < -0.39 is 0 Å². The van der Waals surface area contributed by atoms with Gasteiger partial charge in [-0.3, -0.25) is 0 Å². The first-order valence-corrected chi connectivity index (χ1v) is 10.4. The average Bonchev–Trinajstić information content (AvgIpc) is 2.80. The third-order valence-corrected chi connectivity index (χ3v) is 5.38. The zero-order chi connectivity index (χ0) is 22.7. The van der Waals surface area contributed by atoms with Crippen molar-refractivity contribution in [2.45, 2.75) is 31.5 Å². The summed E-state index contributed by atoms with van der Waals surface area (Å²) in [5.41, 5.74) is 2.29. The zero-order valence-electron chi connectivity index (χ0n) is 19.6. The van der Waals surface area contributed by atoms with Crippen molar-refractivity contribution in [3.05, 3.63) is 59.7 Å². The third kappa shape index (κ3) is 7.51. The Kier molecular flexibility index (Phi) is 10.3. The Hall–Kier alpha value is -2.12. The fourth-order valence-corrected chi connectivity index (χ4v) is 3.28. The van der Waals surface area contributed by atoms with Crippen molar-refractivity contribution in [3.8, 4) is 11.5 Å². The van der Waals surface area contributed by atoms with Gasteiger partial charge in [0.25, 0.3) is 0 Å². The lowest BCUT2D eigenvalue weighted by Crippen LogP contribution is -2.32. The topological polar surface area (TPSA) is 55.4 Å². The minimum absolute atomic E-state index is 0.121. The molecule has 6 heteroatoms. The number of benzene rings is 2. The summed E-state index contributed by atoms with van der Waals surface area (Å²) < 4.78 is 32.8. The fourth-order valence-electron chi connectivity index (χ4n) is 3.28. The van der Waals surface area contributed by atoms with E-state index in [0.717, 1.165) is 11.5 Å². The molecule has 31 heavy (non-hydrogen) atoms. The summed E-state index contributed by atoms with van der Waals surface area (Å²) in [6, 6.07) is 16.4. The Morgan fingerprint density at radius 3 is 1.65 bits per heavy atom. The number of hydrogen-bond donors (Lipinski definition) is 0. The van der Waals surface area contributed by atoms with Gasteiger partial charge in [-0.25, -0.2) is 0 Å². The van der Waals surface area contributed by atoms with Gasteiger partial charge in [0, 0.05) is 26.7 Å². The first kappa shape index (κ1) is 25.1. The Labute approximate surface area is 186 Å². The molecule has 0 aliphatic heterocycles. The molecule has 0 heterocycles. The normalized spacial score (nSPS) is 13.6. The number of hydrogen-bond acceptors (Lipinski definition) is 6. The van der Waals surface area contributed by atoms with E-state index in [1.807, 2.05) is 24.3 Å². The van der Waals surface area contributed by atoms with Crippen LogP contribution in [0.4, 0.5) is 0 Å².